The third-order valence-electron chi connectivity index (χ3n) is 5.00. The van der Waals surface area contributed by atoms with Crippen molar-refractivity contribution < 1.29 is 37.0 Å². The predicted molar refractivity (Wildman–Crippen MR) is 112 cm³/mol. The second-order valence-corrected chi connectivity index (χ2v) is 8.11. The summed E-state index contributed by atoms with van der Waals surface area (Å²) < 4.78 is 68.9. The van der Waals surface area contributed by atoms with Crippen LogP contribution in [0.5, 0.6) is 11.5 Å². The first kappa shape index (κ1) is 23.8. The largest absolute Gasteiger partial charge is 0.493 e. The molecular formula is C22H21F4NO4S. The summed E-state index contributed by atoms with van der Waals surface area (Å²) in [6.07, 6.45) is -1.90. The lowest BCUT2D eigenvalue weighted by molar-refractivity contribution is -0.235. The van der Waals surface area contributed by atoms with Gasteiger partial charge in [0.25, 0.3) is 11.7 Å². The average Bonchev–Trinajstić information content (AvgIpc) is 3.25. The average molecular weight is 471 g/mol. The zero-order chi connectivity index (χ0) is 23.5. The number of methoxy groups -OCH3 is 2. The van der Waals surface area contributed by atoms with Gasteiger partial charge in [-0.3, -0.25) is 10.0 Å². The number of thiophene rings is 1. The van der Waals surface area contributed by atoms with Gasteiger partial charge in [0, 0.05) is 29.2 Å². The second kappa shape index (κ2) is 9.33. The summed E-state index contributed by atoms with van der Waals surface area (Å²) in [5.74, 6) is -7.21. The molecule has 5 nitrogen and oxygen atoms in total. The van der Waals surface area contributed by atoms with Gasteiger partial charge in [-0.15, -0.1) is 11.3 Å². The normalized spacial score (nSPS) is 13.6. The minimum Gasteiger partial charge on any atom is -0.493 e. The Balaban J connectivity index is 1.77. The predicted octanol–water partition coefficient (Wildman–Crippen LogP) is 5.80. The van der Waals surface area contributed by atoms with E-state index in [1.807, 2.05) is 0 Å². The molecule has 3 aromatic rings. The maximum atomic E-state index is 15.0. The maximum Gasteiger partial charge on any atom is 0.282 e. The molecule has 0 spiro atoms. The fraction of sp³-hybridized carbons (Fsp3) is 0.318. The molecule has 1 heterocycles. The van der Waals surface area contributed by atoms with Crippen molar-refractivity contribution in [2.75, 3.05) is 20.9 Å². The van der Waals surface area contributed by atoms with E-state index in [0.717, 1.165) is 11.3 Å². The molecule has 0 aliphatic rings. The van der Waals surface area contributed by atoms with Gasteiger partial charge in [-0.05, 0) is 17.5 Å². The van der Waals surface area contributed by atoms with E-state index in [-0.39, 0.29) is 10.4 Å². The highest BCUT2D eigenvalue weighted by molar-refractivity contribution is 7.19. The number of hydrogen-bond acceptors (Lipinski definition) is 5. The molecule has 3 rings (SSSR count). The van der Waals surface area contributed by atoms with E-state index in [2.05, 4.69) is 0 Å². The van der Waals surface area contributed by atoms with Crippen molar-refractivity contribution in [2.45, 2.75) is 24.6 Å². The number of benzene rings is 2. The van der Waals surface area contributed by atoms with Crippen LogP contribution in [-0.4, -0.2) is 37.1 Å². The van der Waals surface area contributed by atoms with E-state index < -0.39 is 42.2 Å². The van der Waals surface area contributed by atoms with Crippen LogP contribution in [0.2, 0.25) is 0 Å². The Morgan fingerprint density at radius 2 is 1.69 bits per heavy atom. The zero-order valence-corrected chi connectivity index (χ0v) is 18.1. The van der Waals surface area contributed by atoms with Crippen LogP contribution in [0.1, 0.15) is 23.3 Å². The Bertz CT molecular complexity index is 1050. The number of nitrogens with zero attached hydrogens (tertiary/aromatic N) is 1. The molecule has 172 valence electrons. The third kappa shape index (κ3) is 4.51. The van der Waals surface area contributed by atoms with Crippen LogP contribution in [0.3, 0.4) is 0 Å². The molecule has 0 saturated carbocycles. The fourth-order valence-corrected chi connectivity index (χ4v) is 4.26. The molecule has 10 heteroatoms. The van der Waals surface area contributed by atoms with Crippen LogP contribution < -0.4 is 9.47 Å². The van der Waals surface area contributed by atoms with Crippen molar-refractivity contribution in [3.05, 3.63) is 59.0 Å². The van der Waals surface area contributed by atoms with E-state index in [4.69, 9.17) is 9.47 Å². The highest BCUT2D eigenvalue weighted by Crippen LogP contribution is 2.43. The molecular weight excluding hydrogens is 450 g/mol. The smallest absolute Gasteiger partial charge is 0.282 e. The lowest BCUT2D eigenvalue weighted by Gasteiger charge is -2.31. The topological polar surface area (TPSA) is 59.0 Å². The molecule has 32 heavy (non-hydrogen) atoms. The molecule has 1 amide bonds. The van der Waals surface area contributed by atoms with E-state index in [9.17, 15) is 27.6 Å². The van der Waals surface area contributed by atoms with Crippen LogP contribution in [0.4, 0.5) is 17.6 Å². The molecule has 1 aromatic heterocycles. The first-order valence-electron chi connectivity index (χ1n) is 9.52. The highest BCUT2D eigenvalue weighted by Gasteiger charge is 2.43. The Kier molecular flexibility index (Phi) is 6.94. The molecule has 0 radical (unpaired) electrons. The van der Waals surface area contributed by atoms with Gasteiger partial charge in [0.15, 0.2) is 11.5 Å². The van der Waals surface area contributed by atoms with Crippen molar-refractivity contribution in [1.29, 1.82) is 0 Å². The number of carbonyl (C=O) groups is 1. The highest BCUT2D eigenvalue weighted by atomic mass is 32.1. The monoisotopic (exact) mass is 471 g/mol. The van der Waals surface area contributed by atoms with E-state index in [1.54, 1.807) is 18.2 Å². The molecule has 0 fully saturated rings. The van der Waals surface area contributed by atoms with Crippen molar-refractivity contribution >= 4 is 27.3 Å². The Morgan fingerprint density at radius 3 is 2.28 bits per heavy atom. The van der Waals surface area contributed by atoms with Crippen LogP contribution in [0.15, 0.2) is 48.5 Å². The molecule has 0 bridgehead atoms. The van der Waals surface area contributed by atoms with Gasteiger partial charge in [-0.2, -0.15) is 5.06 Å². The summed E-state index contributed by atoms with van der Waals surface area (Å²) in [5.41, 5.74) is -0.308. The van der Waals surface area contributed by atoms with Crippen molar-refractivity contribution in [2.24, 2.45) is 0 Å². The lowest BCUT2D eigenvalue weighted by atomic mass is 10.0. The Hall–Kier alpha value is -2.85. The van der Waals surface area contributed by atoms with Crippen molar-refractivity contribution in [3.63, 3.8) is 0 Å². The zero-order valence-electron chi connectivity index (χ0n) is 17.3. The molecule has 2 aromatic carbocycles. The van der Waals surface area contributed by atoms with E-state index in [0.29, 0.717) is 21.6 Å². The summed E-state index contributed by atoms with van der Waals surface area (Å²) in [4.78, 5) is 11.9. The molecule has 1 N–H and O–H groups in total. The summed E-state index contributed by atoms with van der Waals surface area (Å²) in [6.45, 7) is -1.74. The second-order valence-electron chi connectivity index (χ2n) is 7.02. The van der Waals surface area contributed by atoms with Gasteiger partial charge < -0.3 is 9.47 Å². The summed E-state index contributed by atoms with van der Waals surface area (Å²) >= 11 is 0.813. The quantitative estimate of drug-likeness (QED) is 0.185. The SMILES string of the molecule is COc1cc2cc(C(F)(F)CCC(=O)N(O)C(F)(CF)c3ccccc3)sc2cc1OC. The number of amides is 1. The Labute approximate surface area is 185 Å². The summed E-state index contributed by atoms with van der Waals surface area (Å²) in [6, 6.07) is 11.1. The number of carbonyl (C=O) groups excluding carboxylic acids is 1. The van der Waals surface area contributed by atoms with Gasteiger partial charge >= 0.3 is 0 Å². The number of rotatable bonds is 9. The Morgan fingerprint density at radius 1 is 1.06 bits per heavy atom. The number of alkyl halides is 4. The van der Waals surface area contributed by atoms with Gasteiger partial charge in [0.05, 0.1) is 19.1 Å². The van der Waals surface area contributed by atoms with Crippen molar-refractivity contribution in [3.8, 4) is 11.5 Å². The van der Waals surface area contributed by atoms with Crippen LogP contribution >= 0.6 is 11.3 Å². The maximum absolute atomic E-state index is 15.0. The first-order valence-corrected chi connectivity index (χ1v) is 10.3. The van der Waals surface area contributed by atoms with E-state index >= 15 is 0 Å². The number of hydroxylamine groups is 2. The van der Waals surface area contributed by atoms with Gasteiger partial charge in [-0.1, -0.05) is 30.3 Å². The molecule has 0 saturated heterocycles. The van der Waals surface area contributed by atoms with Crippen LogP contribution in [0, 0.1) is 0 Å². The molecule has 0 aliphatic heterocycles. The van der Waals surface area contributed by atoms with Gasteiger partial charge in [0.1, 0.15) is 6.67 Å². The molecule has 1 unspecified atom stereocenters. The van der Waals surface area contributed by atoms with Gasteiger partial charge in [-0.25, -0.2) is 17.6 Å². The molecule has 0 aliphatic carbocycles. The van der Waals surface area contributed by atoms with E-state index in [1.165, 1.54) is 44.6 Å². The standard InChI is InChI=1S/C22H21F4NO4S/c1-30-16-10-14-11-19(32-18(14)12-17(16)31-2)21(24,25)9-8-20(28)27(29)22(26,13-23)15-6-4-3-5-7-15/h3-7,10-12,29H,8-9,13H2,1-2H3. The minimum atomic E-state index is -3.44. The van der Waals surface area contributed by atoms with Gasteiger partial charge in [0.2, 0.25) is 5.91 Å². The number of ether oxygens (including phenoxy) is 2. The third-order valence-corrected chi connectivity index (χ3v) is 6.21. The van der Waals surface area contributed by atoms with Crippen molar-refractivity contribution in [1.82, 2.24) is 5.06 Å². The lowest BCUT2D eigenvalue weighted by Crippen LogP contribution is -2.46. The first-order chi connectivity index (χ1) is 15.2. The number of fused-ring (bicyclic) bond motifs is 1. The fourth-order valence-electron chi connectivity index (χ4n) is 3.19. The van der Waals surface area contributed by atoms with Crippen LogP contribution in [-0.2, 0) is 16.5 Å². The summed E-state index contributed by atoms with van der Waals surface area (Å²) in [7, 11) is 2.85. The summed E-state index contributed by atoms with van der Waals surface area (Å²) in [5, 5.41) is 10.0. The minimum absolute atomic E-state index is 0.308. The number of halogens is 4. The van der Waals surface area contributed by atoms with Crippen LogP contribution in [0.25, 0.3) is 10.1 Å². The number of hydrogen-bond donors (Lipinski definition) is 1. The molecule has 1 atom stereocenters.